The van der Waals surface area contributed by atoms with E-state index in [-0.39, 0.29) is 5.82 Å². The summed E-state index contributed by atoms with van der Waals surface area (Å²) in [5, 5.41) is 0.755. The Bertz CT molecular complexity index is 777. The van der Waals surface area contributed by atoms with E-state index in [1.54, 1.807) is 29.1 Å². The fraction of sp³-hybridized carbons (Fsp3) is 0.0667. The van der Waals surface area contributed by atoms with Crippen LogP contribution in [0, 0.1) is 5.82 Å². The number of fused-ring (bicyclic) bond motifs is 1. The van der Waals surface area contributed by atoms with Gasteiger partial charge in [-0.1, -0.05) is 12.1 Å². The molecule has 0 aliphatic heterocycles. The topological polar surface area (TPSA) is 34.9 Å². The van der Waals surface area contributed by atoms with Crippen molar-refractivity contribution in [2.24, 2.45) is 7.05 Å². The summed E-state index contributed by atoms with van der Waals surface area (Å²) in [6.07, 6.45) is 4.19. The monoisotopic (exact) mass is 254 g/mol. The summed E-state index contributed by atoms with van der Waals surface area (Å²) >= 11 is 0. The zero-order chi connectivity index (χ0) is 13.4. The lowest BCUT2D eigenvalue weighted by atomic mass is 10.0. The highest BCUT2D eigenvalue weighted by atomic mass is 19.1. The molecule has 2 heterocycles. The molecule has 0 atom stereocenters. The number of nitrogens with zero attached hydrogens (tertiary/aromatic N) is 2. The number of aryl methyl sites for hydroxylation is 1. The first-order chi connectivity index (χ1) is 9.20. The highest BCUT2D eigenvalue weighted by Gasteiger charge is 2.13. The van der Waals surface area contributed by atoms with E-state index in [1.807, 2.05) is 13.1 Å². The number of benzene rings is 1. The minimum atomic E-state index is -0.300. The van der Waals surface area contributed by atoms with Crippen molar-refractivity contribution in [3.05, 3.63) is 54.1 Å². The van der Waals surface area contributed by atoms with Gasteiger partial charge in [-0.25, -0.2) is 9.37 Å². The van der Waals surface area contributed by atoms with Crippen LogP contribution in [0.1, 0.15) is 10.4 Å². The van der Waals surface area contributed by atoms with Gasteiger partial charge in [0.25, 0.3) is 0 Å². The quantitative estimate of drug-likeness (QED) is 0.658. The van der Waals surface area contributed by atoms with Crippen LogP contribution < -0.4 is 0 Å². The minimum absolute atomic E-state index is 0.300. The van der Waals surface area contributed by atoms with Crippen molar-refractivity contribution >= 4 is 17.3 Å². The van der Waals surface area contributed by atoms with Crippen LogP contribution in [0.3, 0.4) is 0 Å². The Morgan fingerprint density at radius 1 is 1.32 bits per heavy atom. The second kappa shape index (κ2) is 4.31. The smallest absolute Gasteiger partial charge is 0.152 e. The van der Waals surface area contributed by atoms with Crippen LogP contribution >= 0.6 is 0 Å². The maximum absolute atomic E-state index is 13.4. The molecule has 0 N–H and O–H groups in total. The van der Waals surface area contributed by atoms with Crippen molar-refractivity contribution < 1.29 is 9.18 Å². The number of aromatic nitrogens is 2. The highest BCUT2D eigenvalue weighted by Crippen LogP contribution is 2.30. The van der Waals surface area contributed by atoms with Gasteiger partial charge >= 0.3 is 0 Å². The van der Waals surface area contributed by atoms with E-state index in [0.29, 0.717) is 11.2 Å². The summed E-state index contributed by atoms with van der Waals surface area (Å²) < 4.78 is 15.1. The first-order valence-corrected chi connectivity index (χ1v) is 5.86. The highest BCUT2D eigenvalue weighted by molar-refractivity contribution is 6.04. The van der Waals surface area contributed by atoms with Crippen molar-refractivity contribution in [1.82, 2.24) is 9.55 Å². The lowest BCUT2D eigenvalue weighted by Crippen LogP contribution is -1.89. The molecule has 0 bridgehead atoms. The first-order valence-electron chi connectivity index (χ1n) is 5.86. The average Bonchev–Trinajstić information content (AvgIpc) is 2.76. The number of hydrogen-bond donors (Lipinski definition) is 0. The lowest BCUT2D eigenvalue weighted by Gasteiger charge is -2.04. The Morgan fingerprint density at radius 2 is 2.16 bits per heavy atom. The van der Waals surface area contributed by atoms with Crippen molar-refractivity contribution in [3.8, 4) is 11.1 Å². The molecular formula is C15H11FN2O. The molecule has 0 radical (unpaired) electrons. The van der Waals surface area contributed by atoms with Crippen LogP contribution in [-0.2, 0) is 7.05 Å². The van der Waals surface area contributed by atoms with E-state index in [0.717, 1.165) is 22.8 Å². The van der Waals surface area contributed by atoms with Gasteiger partial charge in [0, 0.05) is 30.4 Å². The van der Waals surface area contributed by atoms with E-state index in [9.17, 15) is 9.18 Å². The number of hydrogen-bond acceptors (Lipinski definition) is 2. The maximum atomic E-state index is 13.4. The standard InChI is InChI=1S/C15H11FN2O/c1-18-8-11(9-19)14-13(5-6-17-15(14)18)10-3-2-4-12(16)7-10/h2-9H,1H3. The second-order valence-corrected chi connectivity index (χ2v) is 4.38. The molecule has 0 saturated heterocycles. The largest absolute Gasteiger partial charge is 0.335 e. The van der Waals surface area contributed by atoms with E-state index in [2.05, 4.69) is 4.98 Å². The third kappa shape index (κ3) is 1.81. The fourth-order valence-electron chi connectivity index (χ4n) is 2.32. The minimum Gasteiger partial charge on any atom is -0.335 e. The van der Waals surface area contributed by atoms with Gasteiger partial charge in [-0.3, -0.25) is 4.79 Å². The maximum Gasteiger partial charge on any atom is 0.152 e. The number of rotatable bonds is 2. The summed E-state index contributed by atoms with van der Waals surface area (Å²) in [5.41, 5.74) is 2.82. The lowest BCUT2D eigenvalue weighted by molar-refractivity contribution is 0.112. The fourth-order valence-corrected chi connectivity index (χ4v) is 2.32. The summed E-state index contributed by atoms with van der Waals surface area (Å²) in [6, 6.07) is 8.12. The molecule has 0 aliphatic rings. The van der Waals surface area contributed by atoms with Crippen LogP contribution in [0.2, 0.25) is 0 Å². The Hall–Kier alpha value is -2.49. The summed E-state index contributed by atoms with van der Waals surface area (Å²) in [7, 11) is 1.83. The van der Waals surface area contributed by atoms with E-state index >= 15 is 0 Å². The second-order valence-electron chi connectivity index (χ2n) is 4.38. The molecule has 3 rings (SSSR count). The van der Waals surface area contributed by atoms with Crippen LogP contribution in [0.5, 0.6) is 0 Å². The Balaban J connectivity index is 2.38. The number of halogens is 1. The Kier molecular flexibility index (Phi) is 2.63. The average molecular weight is 254 g/mol. The van der Waals surface area contributed by atoms with Gasteiger partial charge in [-0.2, -0.15) is 0 Å². The molecule has 0 amide bonds. The van der Waals surface area contributed by atoms with Crippen molar-refractivity contribution in [2.75, 3.05) is 0 Å². The molecule has 0 spiro atoms. The van der Waals surface area contributed by atoms with E-state index in [4.69, 9.17) is 0 Å². The van der Waals surface area contributed by atoms with Gasteiger partial charge in [0.1, 0.15) is 11.5 Å². The van der Waals surface area contributed by atoms with Crippen LogP contribution in [0.15, 0.2) is 42.7 Å². The van der Waals surface area contributed by atoms with Gasteiger partial charge in [0.15, 0.2) is 6.29 Å². The van der Waals surface area contributed by atoms with Gasteiger partial charge in [-0.05, 0) is 29.3 Å². The molecule has 94 valence electrons. The molecule has 19 heavy (non-hydrogen) atoms. The van der Waals surface area contributed by atoms with Gasteiger partial charge in [0.2, 0.25) is 0 Å². The van der Waals surface area contributed by atoms with E-state index in [1.165, 1.54) is 12.1 Å². The van der Waals surface area contributed by atoms with Crippen LogP contribution in [0.25, 0.3) is 22.2 Å². The molecular weight excluding hydrogens is 243 g/mol. The Morgan fingerprint density at radius 3 is 2.89 bits per heavy atom. The van der Waals surface area contributed by atoms with Gasteiger partial charge < -0.3 is 4.57 Å². The molecule has 0 aliphatic carbocycles. The molecule has 0 fully saturated rings. The molecule has 1 aromatic carbocycles. The third-order valence-electron chi connectivity index (χ3n) is 3.15. The number of carbonyl (C=O) groups is 1. The number of aldehydes is 1. The molecule has 3 aromatic rings. The van der Waals surface area contributed by atoms with E-state index < -0.39 is 0 Å². The molecule has 3 nitrogen and oxygen atoms in total. The summed E-state index contributed by atoms with van der Waals surface area (Å²) in [4.78, 5) is 15.4. The normalized spacial score (nSPS) is 10.8. The van der Waals surface area contributed by atoms with Gasteiger partial charge in [0.05, 0.1) is 0 Å². The zero-order valence-corrected chi connectivity index (χ0v) is 10.3. The number of carbonyl (C=O) groups excluding carboxylic acids is 1. The molecule has 4 heteroatoms. The van der Waals surface area contributed by atoms with Crippen molar-refractivity contribution in [1.29, 1.82) is 0 Å². The zero-order valence-electron chi connectivity index (χ0n) is 10.3. The Labute approximate surface area is 109 Å². The predicted octanol–water partition coefficient (Wildman–Crippen LogP) is 3.19. The third-order valence-corrected chi connectivity index (χ3v) is 3.15. The van der Waals surface area contributed by atoms with Crippen LogP contribution in [-0.4, -0.2) is 15.8 Å². The molecule has 2 aromatic heterocycles. The van der Waals surface area contributed by atoms with Crippen LogP contribution in [0.4, 0.5) is 4.39 Å². The number of pyridine rings is 1. The van der Waals surface area contributed by atoms with Crippen molar-refractivity contribution in [2.45, 2.75) is 0 Å². The van der Waals surface area contributed by atoms with Crippen molar-refractivity contribution in [3.63, 3.8) is 0 Å². The molecule has 0 unspecified atom stereocenters. The first kappa shape index (κ1) is 11.6. The summed E-state index contributed by atoms with van der Waals surface area (Å²) in [6.45, 7) is 0. The molecule has 0 saturated carbocycles. The van der Waals surface area contributed by atoms with Gasteiger partial charge in [-0.15, -0.1) is 0 Å². The predicted molar refractivity (Wildman–Crippen MR) is 71.5 cm³/mol. The SMILES string of the molecule is Cn1cc(C=O)c2c(-c3cccc(F)c3)ccnc21. The summed E-state index contributed by atoms with van der Waals surface area (Å²) in [5.74, 6) is -0.300.